The number of aromatic nitrogens is 2. The Morgan fingerprint density at radius 3 is 2.11 bits per heavy atom. The van der Waals surface area contributed by atoms with Gasteiger partial charge < -0.3 is 32.0 Å². The van der Waals surface area contributed by atoms with Crippen molar-refractivity contribution in [1.29, 1.82) is 0 Å². The number of esters is 2. The maximum Gasteiger partial charge on any atom is 0.360 e. The number of ether oxygens (including phenoxy) is 4. The molecule has 4 atom stereocenters. The highest BCUT2D eigenvalue weighted by atomic mass is 127. The third-order valence-electron chi connectivity index (χ3n) is 8.88. The van der Waals surface area contributed by atoms with E-state index in [-0.39, 0.29) is 46.4 Å². The maximum atomic E-state index is 13.2. The Kier molecular flexibility index (Phi) is 23.2. The summed E-state index contributed by atoms with van der Waals surface area (Å²) in [5.41, 5.74) is -0.161. The van der Waals surface area contributed by atoms with Crippen molar-refractivity contribution in [3.63, 3.8) is 0 Å². The molecule has 0 unspecified atom stereocenters. The Morgan fingerprint density at radius 1 is 0.807 bits per heavy atom. The summed E-state index contributed by atoms with van der Waals surface area (Å²) in [5, 5.41) is 0. The van der Waals surface area contributed by atoms with E-state index in [1.807, 2.05) is 81.5 Å². The van der Waals surface area contributed by atoms with E-state index in [0.29, 0.717) is 18.7 Å². The number of hydrogen-bond acceptors (Lipinski definition) is 12. The van der Waals surface area contributed by atoms with Gasteiger partial charge in [0.2, 0.25) is 5.89 Å². The van der Waals surface area contributed by atoms with Gasteiger partial charge in [-0.15, -0.1) is 0 Å². The number of oxazole rings is 2. The average molecular weight is 919 g/mol. The van der Waals surface area contributed by atoms with Crippen LogP contribution in [0.2, 0.25) is 0 Å². The Morgan fingerprint density at radius 2 is 1.44 bits per heavy atom. The predicted molar refractivity (Wildman–Crippen MR) is 235 cm³/mol. The minimum atomic E-state index is -0.560. The number of rotatable bonds is 26. The lowest BCUT2D eigenvalue weighted by molar-refractivity contribution is -0.00637. The van der Waals surface area contributed by atoms with Crippen LogP contribution in [0, 0.1) is 10.8 Å². The second-order valence-electron chi connectivity index (χ2n) is 14.4. The van der Waals surface area contributed by atoms with Crippen molar-refractivity contribution >= 4 is 48.4 Å². The first kappa shape index (κ1) is 49.2. The second-order valence-corrected chi connectivity index (χ2v) is 15.8. The molecule has 0 radical (unpaired) electrons. The van der Waals surface area contributed by atoms with Crippen molar-refractivity contribution in [1.82, 2.24) is 9.97 Å². The van der Waals surface area contributed by atoms with Crippen LogP contribution in [0.3, 0.4) is 0 Å². The van der Waals surface area contributed by atoms with E-state index < -0.39 is 18.0 Å². The van der Waals surface area contributed by atoms with E-state index in [4.69, 9.17) is 27.2 Å². The third kappa shape index (κ3) is 18.9. The number of halogens is 1. The van der Waals surface area contributed by atoms with E-state index in [1.165, 1.54) is 28.9 Å². The molecule has 11 nitrogen and oxygen atoms in total. The lowest BCUT2D eigenvalue weighted by Crippen LogP contribution is -2.33. The summed E-state index contributed by atoms with van der Waals surface area (Å²) >= 11 is 2.16. The average Bonchev–Trinajstić information content (AvgIpc) is 3.87. The number of methoxy groups -OCH3 is 2. The highest BCUT2D eigenvalue weighted by molar-refractivity contribution is 14.2. The van der Waals surface area contributed by atoms with Crippen molar-refractivity contribution in [2.24, 2.45) is 10.8 Å². The van der Waals surface area contributed by atoms with Gasteiger partial charge in [-0.05, 0) is 57.6 Å². The van der Waals surface area contributed by atoms with Gasteiger partial charge >= 0.3 is 11.9 Å². The molecule has 2 aromatic rings. The van der Waals surface area contributed by atoms with Crippen molar-refractivity contribution in [2.75, 3.05) is 14.2 Å². The molecular formula is C44H59IN2O9S. The van der Waals surface area contributed by atoms with Crippen LogP contribution in [-0.4, -0.2) is 60.5 Å². The van der Waals surface area contributed by atoms with Crippen LogP contribution in [0.15, 0.2) is 113 Å². The van der Waals surface area contributed by atoms with Crippen molar-refractivity contribution in [3.8, 4) is 0 Å². The molecule has 0 aliphatic rings. The first-order valence-corrected chi connectivity index (χ1v) is 22.1. The van der Waals surface area contributed by atoms with Gasteiger partial charge in [0.25, 0.3) is 0 Å². The van der Waals surface area contributed by atoms with Gasteiger partial charge in [-0.25, -0.2) is 19.6 Å². The molecular weight excluding hydrogens is 859 g/mol. The van der Waals surface area contributed by atoms with Crippen LogP contribution < -0.4 is 0 Å². The molecule has 0 N–H and O–H groups in total. The van der Waals surface area contributed by atoms with E-state index in [9.17, 15) is 9.59 Å². The van der Waals surface area contributed by atoms with Crippen LogP contribution in [0.1, 0.15) is 107 Å². The summed E-state index contributed by atoms with van der Waals surface area (Å²) in [6.45, 7) is 14.5. The molecule has 0 aliphatic carbocycles. The SMILES string of the molecule is C/C=C/CC(C)(C)[C@H](C/C=C\O[C@@H](C)/C=C/C=C\c1nc(C(=O)O[C@@H](C\C=C/C=C\C=C\[C@@H](Cc2nc(C(=O)OC)co2)OC)C(C)(C)C/C=C/C)co1)OSI. The van der Waals surface area contributed by atoms with Gasteiger partial charge in [0.15, 0.2) is 17.3 Å². The molecule has 2 heterocycles. The second kappa shape index (κ2) is 26.9. The summed E-state index contributed by atoms with van der Waals surface area (Å²) in [6.07, 6.45) is 35.4. The highest BCUT2D eigenvalue weighted by Crippen LogP contribution is 2.35. The summed E-state index contributed by atoms with van der Waals surface area (Å²) < 4.78 is 38.8. The van der Waals surface area contributed by atoms with Crippen molar-refractivity contribution in [2.45, 2.75) is 105 Å². The molecule has 0 aliphatic heterocycles. The topological polar surface area (TPSA) is 132 Å². The molecule has 13 heteroatoms. The molecule has 0 fully saturated rings. The van der Waals surface area contributed by atoms with Gasteiger partial charge in [-0.3, -0.25) is 0 Å². The Balaban J connectivity index is 1.95. The zero-order valence-electron chi connectivity index (χ0n) is 34.6. The largest absolute Gasteiger partial charge is 0.495 e. The van der Waals surface area contributed by atoms with Gasteiger partial charge in [0, 0.05) is 46.2 Å². The van der Waals surface area contributed by atoms with E-state index in [2.05, 4.69) is 81.8 Å². The summed E-state index contributed by atoms with van der Waals surface area (Å²) in [7, 11) is 4.22. The minimum absolute atomic E-state index is 0.0131. The minimum Gasteiger partial charge on any atom is -0.495 e. The lowest BCUT2D eigenvalue weighted by Gasteiger charge is -2.32. The normalized spacial score (nSPS) is 15.4. The zero-order valence-corrected chi connectivity index (χ0v) is 37.6. The lowest BCUT2D eigenvalue weighted by atomic mass is 9.81. The standard InChI is InChI=1S/C44H59IN2O9S/c1-10-12-27-43(4,5)37(24-18-16-14-15-17-23-34(50-8)30-40-47-35(31-54-40)41(48)51-9)55-42(49)36-32-53-39(46-36)26-20-19-22-33(3)52-29-21-25-38(56-57-45)44(6,7)28-13-11-2/h10-23,26,29,31-34,37-38H,24-25,27-28,30H2,1-9H3/b12-10+,13-11+,15-14-,18-16-,22-19+,23-17+,26-20-,29-21-/t33-,34-,37-,38-/m0/s1. The summed E-state index contributed by atoms with van der Waals surface area (Å²) in [4.78, 5) is 33.3. The first-order valence-electron chi connectivity index (χ1n) is 18.8. The summed E-state index contributed by atoms with van der Waals surface area (Å²) in [6, 6.07) is 0. The number of carbonyl (C=O) groups is 2. The molecule has 57 heavy (non-hydrogen) atoms. The molecule has 0 amide bonds. The Bertz CT molecular complexity index is 1730. The molecule has 0 bridgehead atoms. The number of nitrogens with zero attached hydrogens (tertiary/aromatic N) is 2. The van der Waals surface area contributed by atoms with Gasteiger partial charge in [-0.2, -0.15) is 0 Å². The van der Waals surface area contributed by atoms with Crippen LogP contribution in [0.5, 0.6) is 0 Å². The van der Waals surface area contributed by atoms with Crippen LogP contribution in [0.25, 0.3) is 6.08 Å². The molecule has 312 valence electrons. The van der Waals surface area contributed by atoms with Crippen LogP contribution in [0.4, 0.5) is 0 Å². The highest BCUT2D eigenvalue weighted by Gasteiger charge is 2.32. The number of hydrogen-bond donors (Lipinski definition) is 0. The van der Waals surface area contributed by atoms with Crippen LogP contribution >= 0.6 is 30.4 Å². The van der Waals surface area contributed by atoms with Crippen LogP contribution in [-0.2, 0) is 29.6 Å². The van der Waals surface area contributed by atoms with E-state index in [0.717, 1.165) is 19.3 Å². The van der Waals surface area contributed by atoms with Gasteiger partial charge in [0.1, 0.15) is 24.7 Å². The Labute approximate surface area is 355 Å². The monoisotopic (exact) mass is 918 g/mol. The first-order chi connectivity index (χ1) is 27.3. The number of carbonyl (C=O) groups excluding carboxylic acids is 2. The maximum absolute atomic E-state index is 13.2. The number of allylic oxidation sites excluding steroid dienone is 10. The molecule has 0 aromatic carbocycles. The smallest absolute Gasteiger partial charge is 0.360 e. The van der Waals surface area contributed by atoms with Gasteiger partial charge in [0.05, 0.1) is 41.2 Å². The van der Waals surface area contributed by atoms with Crippen molar-refractivity contribution < 1.29 is 41.6 Å². The Hall–Kier alpha value is -3.92. The predicted octanol–water partition coefficient (Wildman–Crippen LogP) is 11.5. The third-order valence-corrected chi connectivity index (χ3v) is 9.81. The van der Waals surface area contributed by atoms with Gasteiger partial charge in [-0.1, -0.05) is 101 Å². The van der Waals surface area contributed by atoms with E-state index >= 15 is 0 Å². The fourth-order valence-electron chi connectivity index (χ4n) is 5.18. The molecule has 2 rings (SSSR count). The summed E-state index contributed by atoms with van der Waals surface area (Å²) in [5.74, 6) is -0.469. The van der Waals surface area contributed by atoms with E-state index in [1.54, 1.807) is 25.5 Å². The quantitative estimate of drug-likeness (QED) is 0.0222. The van der Waals surface area contributed by atoms with Crippen molar-refractivity contribution in [3.05, 3.63) is 127 Å². The zero-order chi connectivity index (χ0) is 42.1. The fourth-order valence-corrected chi connectivity index (χ4v) is 6.36. The fraction of sp³-hybridized carbons (Fsp3) is 0.455. The molecule has 0 saturated heterocycles. The molecule has 0 saturated carbocycles. The molecule has 2 aromatic heterocycles. The molecule has 0 spiro atoms.